The maximum absolute atomic E-state index is 6.74. The Labute approximate surface area is 394 Å². The van der Waals surface area contributed by atoms with E-state index in [9.17, 15) is 0 Å². The Bertz CT molecular complexity index is 3630. The zero-order valence-electron chi connectivity index (χ0n) is 38.2. The minimum atomic E-state index is 0.702. The van der Waals surface area contributed by atoms with E-state index < -0.39 is 0 Å². The highest BCUT2D eigenvalue weighted by molar-refractivity contribution is 6.13. The molecule has 0 amide bonds. The molecule has 0 spiro atoms. The van der Waals surface area contributed by atoms with E-state index in [1.165, 1.54) is 32.7 Å². The van der Waals surface area contributed by atoms with E-state index in [4.69, 9.17) is 14.7 Å². The lowest BCUT2D eigenvalue weighted by atomic mass is 9.96. The number of fused-ring (bicyclic) bond motifs is 8. The first-order valence-corrected chi connectivity index (χ1v) is 23.2. The molecule has 12 aromatic rings. The van der Waals surface area contributed by atoms with Gasteiger partial charge in [-0.25, -0.2) is 9.97 Å². The van der Waals surface area contributed by atoms with Gasteiger partial charge in [0.05, 0.1) is 61.9 Å². The van der Waals surface area contributed by atoms with Crippen LogP contribution in [-0.2, 0) is 0 Å². The summed E-state index contributed by atoms with van der Waals surface area (Å²) in [5.41, 5.74) is 18.7. The summed E-state index contributed by atoms with van der Waals surface area (Å²) in [6.07, 6.45) is 0. The standard InChI is InChI=1S/C62H45N5O/c1-38-19-17-20-39(2)59(38)48-37-47(63-62(64-48)60-40(3)21-18-22-41(60)4)42-35-55(65-49-27-9-5-23-43(49)44-24-6-10-28-50(44)65)61(67-53-31-13-15-33-57(53)68-58-34-16-14-32-54(58)67)56(36-42)66-51-29-11-7-25-45(51)46-26-8-12-30-52(46)66/h5-37H,1-4H3. The molecule has 0 bridgehead atoms. The van der Waals surface area contributed by atoms with Gasteiger partial charge in [-0.15, -0.1) is 0 Å². The number of para-hydroxylation sites is 8. The lowest BCUT2D eigenvalue weighted by Crippen LogP contribution is -2.20. The van der Waals surface area contributed by atoms with Crippen LogP contribution in [0.4, 0.5) is 17.1 Å². The minimum Gasteiger partial charge on any atom is -0.453 e. The summed E-state index contributed by atoms with van der Waals surface area (Å²) in [5.74, 6) is 2.26. The molecule has 0 saturated carbocycles. The second-order valence-corrected chi connectivity index (χ2v) is 18.0. The zero-order valence-corrected chi connectivity index (χ0v) is 38.2. The van der Waals surface area contributed by atoms with Gasteiger partial charge in [0.1, 0.15) is 0 Å². The van der Waals surface area contributed by atoms with Crippen LogP contribution in [0.25, 0.3) is 88.9 Å². The predicted octanol–water partition coefficient (Wildman–Crippen LogP) is 16.5. The number of hydrogen-bond acceptors (Lipinski definition) is 4. The molecule has 0 aliphatic carbocycles. The third-order valence-corrected chi connectivity index (χ3v) is 13.8. The van der Waals surface area contributed by atoms with Crippen molar-refractivity contribution in [1.29, 1.82) is 0 Å². The Morgan fingerprint density at radius 3 is 1.19 bits per heavy atom. The molecular weight excluding hydrogens is 831 g/mol. The predicted molar refractivity (Wildman–Crippen MR) is 281 cm³/mol. The fourth-order valence-corrected chi connectivity index (χ4v) is 10.9. The molecule has 1 aliphatic rings. The fraction of sp³-hybridized carbons (Fsp3) is 0.0645. The number of aryl methyl sites for hydroxylation is 4. The smallest absolute Gasteiger partial charge is 0.160 e. The van der Waals surface area contributed by atoms with Crippen molar-refractivity contribution in [3.63, 3.8) is 0 Å². The lowest BCUT2D eigenvalue weighted by Gasteiger charge is -2.36. The van der Waals surface area contributed by atoms with E-state index in [0.717, 1.165) is 101 Å². The van der Waals surface area contributed by atoms with Crippen LogP contribution in [0.5, 0.6) is 11.5 Å². The second kappa shape index (κ2) is 15.4. The summed E-state index contributed by atoms with van der Waals surface area (Å²) in [6, 6.07) is 71.7. The largest absolute Gasteiger partial charge is 0.453 e. The average molecular weight is 876 g/mol. The second-order valence-electron chi connectivity index (χ2n) is 18.0. The molecule has 13 rings (SSSR count). The normalized spacial score (nSPS) is 12.2. The Kier molecular flexibility index (Phi) is 8.99. The molecule has 68 heavy (non-hydrogen) atoms. The van der Waals surface area contributed by atoms with Gasteiger partial charge in [0.25, 0.3) is 0 Å². The van der Waals surface area contributed by atoms with Crippen LogP contribution >= 0.6 is 0 Å². The van der Waals surface area contributed by atoms with Crippen molar-refractivity contribution in [2.24, 2.45) is 0 Å². The van der Waals surface area contributed by atoms with Crippen molar-refractivity contribution in [3.05, 3.63) is 222 Å². The number of anilines is 3. The van der Waals surface area contributed by atoms with Gasteiger partial charge in [-0.05, 0) is 117 Å². The number of nitrogens with zero attached hydrogens (tertiary/aromatic N) is 5. The Balaban J connectivity index is 1.25. The highest BCUT2D eigenvalue weighted by Gasteiger charge is 2.33. The van der Waals surface area contributed by atoms with Crippen molar-refractivity contribution in [2.45, 2.75) is 27.7 Å². The lowest BCUT2D eigenvalue weighted by molar-refractivity contribution is 0.477. The molecule has 0 N–H and O–H groups in total. The van der Waals surface area contributed by atoms with Crippen LogP contribution in [0, 0.1) is 27.7 Å². The average Bonchev–Trinajstić information content (AvgIpc) is 3.88. The van der Waals surface area contributed by atoms with Gasteiger partial charge < -0.3 is 13.9 Å². The maximum atomic E-state index is 6.74. The van der Waals surface area contributed by atoms with Gasteiger partial charge in [0, 0.05) is 38.2 Å². The molecule has 6 heteroatoms. The van der Waals surface area contributed by atoms with E-state index in [-0.39, 0.29) is 0 Å². The summed E-state index contributed by atoms with van der Waals surface area (Å²) < 4.78 is 11.7. The summed E-state index contributed by atoms with van der Waals surface area (Å²) in [4.78, 5) is 13.5. The molecular formula is C62H45N5O. The van der Waals surface area contributed by atoms with Crippen molar-refractivity contribution in [3.8, 4) is 56.8 Å². The van der Waals surface area contributed by atoms with Gasteiger partial charge in [0.2, 0.25) is 0 Å². The molecule has 0 radical (unpaired) electrons. The molecule has 1 aliphatic heterocycles. The summed E-state index contributed by atoms with van der Waals surface area (Å²) in [6.45, 7) is 8.67. The number of aromatic nitrogens is 4. The van der Waals surface area contributed by atoms with Crippen molar-refractivity contribution >= 4 is 60.7 Å². The SMILES string of the molecule is Cc1cccc(C)c1-c1cc(-c2cc(-n3c4ccccc4c4ccccc43)c(N3c4ccccc4Oc4ccccc43)c(-n3c4ccccc4c4ccccc43)c2)nc(-c2c(C)cccc2C)n1. The first-order valence-electron chi connectivity index (χ1n) is 23.2. The number of ether oxygens (including phenoxy) is 1. The van der Waals surface area contributed by atoms with Crippen LogP contribution < -0.4 is 9.64 Å². The van der Waals surface area contributed by atoms with E-state index in [1.54, 1.807) is 0 Å². The highest BCUT2D eigenvalue weighted by atomic mass is 16.5. The van der Waals surface area contributed by atoms with Crippen molar-refractivity contribution in [2.75, 3.05) is 4.90 Å². The molecule has 4 heterocycles. The molecule has 324 valence electrons. The van der Waals surface area contributed by atoms with E-state index in [0.29, 0.717) is 5.82 Å². The molecule has 0 saturated heterocycles. The van der Waals surface area contributed by atoms with Gasteiger partial charge in [0.15, 0.2) is 17.3 Å². The molecule has 3 aromatic heterocycles. The summed E-state index contributed by atoms with van der Waals surface area (Å²) in [7, 11) is 0. The Hall–Kier alpha value is -8.74. The van der Waals surface area contributed by atoms with Gasteiger partial charge in [-0.3, -0.25) is 4.90 Å². The molecule has 6 nitrogen and oxygen atoms in total. The number of rotatable bonds is 6. The molecule has 0 atom stereocenters. The van der Waals surface area contributed by atoms with Crippen LogP contribution in [0.3, 0.4) is 0 Å². The zero-order chi connectivity index (χ0) is 45.6. The first kappa shape index (κ1) is 39.6. The van der Waals surface area contributed by atoms with Crippen molar-refractivity contribution < 1.29 is 4.74 Å². The van der Waals surface area contributed by atoms with Crippen LogP contribution in [0.15, 0.2) is 200 Å². The summed E-state index contributed by atoms with van der Waals surface area (Å²) in [5, 5.41) is 4.71. The Morgan fingerprint density at radius 2 is 0.735 bits per heavy atom. The third-order valence-electron chi connectivity index (χ3n) is 13.8. The van der Waals surface area contributed by atoms with E-state index >= 15 is 0 Å². The molecule has 9 aromatic carbocycles. The first-order chi connectivity index (χ1) is 33.4. The monoisotopic (exact) mass is 875 g/mol. The topological polar surface area (TPSA) is 48.1 Å². The van der Waals surface area contributed by atoms with Crippen LogP contribution in [-0.4, -0.2) is 19.1 Å². The fourth-order valence-electron chi connectivity index (χ4n) is 10.9. The van der Waals surface area contributed by atoms with E-state index in [2.05, 4.69) is 230 Å². The van der Waals surface area contributed by atoms with Gasteiger partial charge >= 0.3 is 0 Å². The third kappa shape index (κ3) is 6.04. The van der Waals surface area contributed by atoms with Crippen LogP contribution in [0.1, 0.15) is 22.3 Å². The number of hydrogen-bond donors (Lipinski definition) is 0. The minimum absolute atomic E-state index is 0.702. The van der Waals surface area contributed by atoms with Crippen molar-refractivity contribution in [1.82, 2.24) is 19.1 Å². The number of benzene rings is 9. The van der Waals surface area contributed by atoms with Crippen LogP contribution in [0.2, 0.25) is 0 Å². The molecule has 0 fully saturated rings. The maximum Gasteiger partial charge on any atom is 0.160 e. The summed E-state index contributed by atoms with van der Waals surface area (Å²) >= 11 is 0. The van der Waals surface area contributed by atoms with Gasteiger partial charge in [-0.2, -0.15) is 0 Å². The van der Waals surface area contributed by atoms with Gasteiger partial charge in [-0.1, -0.05) is 133 Å². The highest BCUT2D eigenvalue weighted by Crippen LogP contribution is 2.55. The quantitative estimate of drug-likeness (QED) is 0.167. The molecule has 0 unspecified atom stereocenters. The Morgan fingerprint density at radius 1 is 0.353 bits per heavy atom. The van der Waals surface area contributed by atoms with E-state index in [1.807, 2.05) is 12.1 Å².